The summed E-state index contributed by atoms with van der Waals surface area (Å²) in [5.41, 5.74) is 3.14. The predicted octanol–water partition coefficient (Wildman–Crippen LogP) is 4.75. The molecule has 1 fully saturated rings. The minimum atomic E-state index is -0.377. The summed E-state index contributed by atoms with van der Waals surface area (Å²) in [6.07, 6.45) is 4.46. The summed E-state index contributed by atoms with van der Waals surface area (Å²) in [4.78, 5) is 24.6. The van der Waals surface area contributed by atoms with Gasteiger partial charge >= 0.3 is 0 Å². The number of carbonyl (C=O) groups excluding carboxylic acids is 1. The topological polar surface area (TPSA) is 87.2 Å². The average molecular weight is 497 g/mol. The van der Waals surface area contributed by atoms with Gasteiger partial charge < -0.3 is 4.74 Å². The Balaban J connectivity index is 1.41. The first-order chi connectivity index (χ1) is 16.4. The highest BCUT2D eigenvalue weighted by Crippen LogP contribution is 2.35. The Labute approximate surface area is 206 Å². The number of ether oxygens (including phenoxy) is 1. The average Bonchev–Trinajstić information content (AvgIpc) is 3.22. The number of aromatic amines is 1. The number of H-pyrrole nitrogens is 1. The van der Waals surface area contributed by atoms with Crippen LogP contribution in [0.25, 0.3) is 22.2 Å². The molecule has 0 bridgehead atoms. The molecule has 4 aromatic rings. The molecule has 1 amide bonds. The first-order valence-corrected chi connectivity index (χ1v) is 11.6. The van der Waals surface area contributed by atoms with E-state index >= 15 is 0 Å². The number of amides is 1. The van der Waals surface area contributed by atoms with E-state index in [-0.39, 0.29) is 12.0 Å². The highest BCUT2D eigenvalue weighted by atomic mass is 35.5. The number of nitrogens with one attached hydrogen (secondary N) is 1. The number of carbonyl (C=O) groups is 1. The minimum Gasteiger partial charge on any atom is -0.486 e. The molecule has 0 aliphatic carbocycles. The van der Waals surface area contributed by atoms with Crippen LogP contribution in [0, 0.1) is 0 Å². The largest absolute Gasteiger partial charge is 0.486 e. The van der Waals surface area contributed by atoms with E-state index in [1.54, 1.807) is 23.5 Å². The SMILES string of the molecule is CC(Oc1ccc2[nH]nc(-c3ccc(N4CCN(C)CC4=O)nc3)c2c1)c1c(Cl)cncc1Cl. The molecule has 1 unspecified atom stereocenters. The molecule has 34 heavy (non-hydrogen) atoms. The third kappa shape index (κ3) is 4.32. The molecule has 174 valence electrons. The fourth-order valence-corrected chi connectivity index (χ4v) is 4.75. The van der Waals surface area contributed by atoms with Gasteiger partial charge in [0.15, 0.2) is 0 Å². The summed E-state index contributed by atoms with van der Waals surface area (Å²) in [5.74, 6) is 1.34. The molecular formula is C24H22Cl2N6O2. The van der Waals surface area contributed by atoms with Crippen LogP contribution in [-0.4, -0.2) is 57.7 Å². The molecule has 1 aromatic carbocycles. The molecule has 4 heterocycles. The van der Waals surface area contributed by atoms with Crippen molar-refractivity contribution < 1.29 is 9.53 Å². The summed E-state index contributed by atoms with van der Waals surface area (Å²) in [7, 11) is 1.94. The summed E-state index contributed by atoms with van der Waals surface area (Å²) in [6.45, 7) is 3.72. The molecule has 1 saturated heterocycles. The molecule has 1 aliphatic rings. The lowest BCUT2D eigenvalue weighted by Gasteiger charge is -2.31. The number of aromatic nitrogens is 4. The maximum Gasteiger partial charge on any atom is 0.242 e. The van der Waals surface area contributed by atoms with Crippen LogP contribution in [0.2, 0.25) is 10.0 Å². The van der Waals surface area contributed by atoms with Gasteiger partial charge in [-0.2, -0.15) is 5.10 Å². The van der Waals surface area contributed by atoms with Gasteiger partial charge in [-0.15, -0.1) is 0 Å². The van der Waals surface area contributed by atoms with E-state index in [2.05, 4.69) is 20.2 Å². The number of likely N-dealkylation sites (N-methyl/N-ethyl adjacent to an activating group) is 1. The van der Waals surface area contributed by atoms with Crippen molar-refractivity contribution in [1.82, 2.24) is 25.1 Å². The molecule has 1 atom stereocenters. The summed E-state index contributed by atoms with van der Waals surface area (Å²) in [5, 5.41) is 9.33. The third-order valence-electron chi connectivity index (χ3n) is 5.85. The standard InChI is InChI=1S/C24H22Cl2N6O2/c1-14(23-18(25)11-27-12-19(23)26)34-16-4-5-20-17(9-16)24(30-29-20)15-3-6-21(28-10-15)32-8-7-31(2)13-22(32)33/h3-6,9-12,14H,7-8,13H2,1-2H3,(H,29,30). The number of anilines is 1. The van der Waals surface area contributed by atoms with Crippen molar-refractivity contribution in [3.05, 3.63) is 64.5 Å². The number of nitrogens with zero attached hydrogens (tertiary/aromatic N) is 5. The first kappa shape index (κ1) is 22.6. The summed E-state index contributed by atoms with van der Waals surface area (Å²) >= 11 is 12.6. The van der Waals surface area contributed by atoms with Crippen molar-refractivity contribution in [2.24, 2.45) is 0 Å². The van der Waals surface area contributed by atoms with Crippen molar-refractivity contribution >= 4 is 45.8 Å². The zero-order valence-electron chi connectivity index (χ0n) is 18.6. The van der Waals surface area contributed by atoms with Crippen molar-refractivity contribution in [2.45, 2.75) is 13.0 Å². The second-order valence-corrected chi connectivity index (χ2v) is 9.06. The number of rotatable bonds is 5. The zero-order valence-corrected chi connectivity index (χ0v) is 20.1. The lowest BCUT2D eigenvalue weighted by molar-refractivity contribution is -0.120. The maximum absolute atomic E-state index is 12.4. The van der Waals surface area contributed by atoms with Crippen LogP contribution in [0.1, 0.15) is 18.6 Å². The Morgan fingerprint density at radius 3 is 2.59 bits per heavy atom. The molecular weight excluding hydrogens is 475 g/mol. The molecule has 8 nitrogen and oxygen atoms in total. The van der Waals surface area contributed by atoms with Crippen molar-refractivity contribution in [1.29, 1.82) is 0 Å². The van der Waals surface area contributed by atoms with Gasteiger partial charge in [-0.3, -0.25) is 24.7 Å². The van der Waals surface area contributed by atoms with Gasteiger partial charge in [-0.25, -0.2) is 4.98 Å². The predicted molar refractivity (Wildman–Crippen MR) is 132 cm³/mol. The number of piperazine rings is 1. The molecule has 3 aromatic heterocycles. The van der Waals surface area contributed by atoms with Crippen LogP contribution in [0.4, 0.5) is 5.82 Å². The van der Waals surface area contributed by atoms with E-state index in [1.807, 2.05) is 49.2 Å². The van der Waals surface area contributed by atoms with Crippen LogP contribution in [0.3, 0.4) is 0 Å². The maximum atomic E-state index is 12.4. The van der Waals surface area contributed by atoms with E-state index in [0.29, 0.717) is 40.3 Å². The lowest BCUT2D eigenvalue weighted by Crippen LogP contribution is -2.49. The zero-order chi connectivity index (χ0) is 23.8. The fraction of sp³-hybridized carbons (Fsp3) is 0.250. The van der Waals surface area contributed by atoms with E-state index in [9.17, 15) is 4.79 Å². The number of fused-ring (bicyclic) bond motifs is 1. The monoisotopic (exact) mass is 496 g/mol. The smallest absolute Gasteiger partial charge is 0.242 e. The summed E-state index contributed by atoms with van der Waals surface area (Å²) in [6, 6.07) is 9.48. The fourth-order valence-electron chi connectivity index (χ4n) is 4.08. The number of hydrogen-bond donors (Lipinski definition) is 1. The van der Waals surface area contributed by atoms with Gasteiger partial charge in [0, 0.05) is 48.2 Å². The Morgan fingerprint density at radius 2 is 1.88 bits per heavy atom. The van der Waals surface area contributed by atoms with Gasteiger partial charge in [-0.05, 0) is 44.3 Å². The number of pyridine rings is 2. The first-order valence-electron chi connectivity index (χ1n) is 10.8. The Hall–Kier alpha value is -3.20. The minimum absolute atomic E-state index is 0.0459. The second-order valence-electron chi connectivity index (χ2n) is 8.24. The van der Waals surface area contributed by atoms with Gasteiger partial charge in [0.2, 0.25) is 5.91 Å². The Kier molecular flexibility index (Phi) is 6.12. The van der Waals surface area contributed by atoms with Gasteiger partial charge in [0.05, 0.1) is 22.1 Å². The van der Waals surface area contributed by atoms with Crippen LogP contribution in [0.15, 0.2) is 48.9 Å². The van der Waals surface area contributed by atoms with Crippen molar-refractivity contribution in [3.8, 4) is 17.0 Å². The van der Waals surface area contributed by atoms with Gasteiger partial charge in [0.1, 0.15) is 23.4 Å². The Bertz CT molecular complexity index is 1340. The molecule has 10 heteroatoms. The lowest BCUT2D eigenvalue weighted by atomic mass is 10.1. The number of hydrogen-bond acceptors (Lipinski definition) is 6. The molecule has 0 radical (unpaired) electrons. The molecule has 5 rings (SSSR count). The molecule has 1 aliphatic heterocycles. The van der Waals surface area contributed by atoms with E-state index in [1.165, 1.54) is 0 Å². The van der Waals surface area contributed by atoms with Gasteiger partial charge in [-0.1, -0.05) is 23.2 Å². The van der Waals surface area contributed by atoms with E-state index in [4.69, 9.17) is 27.9 Å². The van der Waals surface area contributed by atoms with Crippen LogP contribution < -0.4 is 9.64 Å². The molecule has 1 N–H and O–H groups in total. The number of halogens is 2. The Morgan fingerprint density at radius 1 is 1.09 bits per heavy atom. The molecule has 0 spiro atoms. The van der Waals surface area contributed by atoms with Crippen LogP contribution >= 0.6 is 23.2 Å². The van der Waals surface area contributed by atoms with E-state index < -0.39 is 0 Å². The quantitative estimate of drug-likeness (QED) is 0.429. The van der Waals surface area contributed by atoms with Gasteiger partial charge in [0.25, 0.3) is 0 Å². The molecule has 0 saturated carbocycles. The van der Waals surface area contributed by atoms with Crippen LogP contribution in [-0.2, 0) is 4.79 Å². The highest BCUT2D eigenvalue weighted by Gasteiger charge is 2.24. The van der Waals surface area contributed by atoms with Crippen LogP contribution in [0.5, 0.6) is 5.75 Å². The second kappa shape index (κ2) is 9.21. The normalized spacial score (nSPS) is 15.6. The number of benzene rings is 1. The third-order valence-corrected chi connectivity index (χ3v) is 6.46. The van der Waals surface area contributed by atoms with Crippen molar-refractivity contribution in [3.63, 3.8) is 0 Å². The van der Waals surface area contributed by atoms with E-state index in [0.717, 1.165) is 28.7 Å². The summed E-state index contributed by atoms with van der Waals surface area (Å²) < 4.78 is 6.15. The van der Waals surface area contributed by atoms with Crippen molar-refractivity contribution in [2.75, 3.05) is 31.6 Å². The highest BCUT2D eigenvalue weighted by molar-refractivity contribution is 6.35.